The number of aromatic nitrogens is 2. The molecule has 3 aromatic rings. The van der Waals surface area contributed by atoms with E-state index in [-0.39, 0.29) is 0 Å². The molecule has 0 spiro atoms. The number of fused-ring (bicyclic) bond motifs is 1. The van der Waals surface area contributed by atoms with E-state index in [0.29, 0.717) is 0 Å². The Hall–Kier alpha value is -1.82. The molecule has 24 heavy (non-hydrogen) atoms. The number of thioether (sulfide) groups is 1. The van der Waals surface area contributed by atoms with Gasteiger partial charge in [0.1, 0.15) is 0 Å². The van der Waals surface area contributed by atoms with E-state index in [4.69, 9.17) is 9.72 Å². The maximum Gasteiger partial charge on any atom is 0.173 e. The van der Waals surface area contributed by atoms with Crippen LogP contribution in [0.3, 0.4) is 0 Å². The first kappa shape index (κ1) is 15.7. The lowest BCUT2D eigenvalue weighted by Gasteiger charge is -2.26. The zero-order valence-corrected chi connectivity index (χ0v) is 14.4. The van der Waals surface area contributed by atoms with E-state index in [1.807, 2.05) is 23.9 Å². The molecule has 1 aliphatic rings. The van der Waals surface area contributed by atoms with Crippen molar-refractivity contribution in [3.8, 4) is 5.69 Å². The molecule has 0 bridgehead atoms. The largest absolute Gasteiger partial charge is 0.379 e. The van der Waals surface area contributed by atoms with E-state index in [2.05, 4.69) is 51.9 Å². The number of hydrogen-bond acceptors (Lipinski definition) is 4. The molecule has 5 heteroatoms. The Bertz CT molecular complexity index is 797. The highest BCUT2D eigenvalue weighted by Gasteiger charge is 2.14. The van der Waals surface area contributed by atoms with Crippen LogP contribution in [0, 0.1) is 0 Å². The third-order valence-corrected chi connectivity index (χ3v) is 5.21. The minimum atomic E-state index is 0.854. The van der Waals surface area contributed by atoms with Gasteiger partial charge in [-0.2, -0.15) is 0 Å². The van der Waals surface area contributed by atoms with Crippen LogP contribution in [0.5, 0.6) is 0 Å². The smallest absolute Gasteiger partial charge is 0.173 e. The molecule has 0 radical (unpaired) electrons. The second kappa shape index (κ2) is 7.38. The summed E-state index contributed by atoms with van der Waals surface area (Å²) in [6, 6.07) is 18.8. The van der Waals surface area contributed by atoms with Gasteiger partial charge in [0.05, 0.1) is 24.2 Å². The molecule has 124 valence electrons. The lowest BCUT2D eigenvalue weighted by molar-refractivity contribution is 0.0410. The number of ether oxygens (including phenoxy) is 1. The van der Waals surface area contributed by atoms with Crippen LogP contribution in [-0.4, -0.2) is 53.1 Å². The molecule has 0 aliphatic carbocycles. The van der Waals surface area contributed by atoms with Crippen LogP contribution in [0.1, 0.15) is 0 Å². The number of para-hydroxylation sites is 3. The van der Waals surface area contributed by atoms with Crippen LogP contribution in [0.2, 0.25) is 0 Å². The first-order chi connectivity index (χ1) is 11.9. The predicted octanol–water partition coefficient (Wildman–Crippen LogP) is 3.45. The van der Waals surface area contributed by atoms with E-state index in [1.165, 1.54) is 5.69 Å². The van der Waals surface area contributed by atoms with Crippen molar-refractivity contribution >= 4 is 22.8 Å². The van der Waals surface area contributed by atoms with Crippen molar-refractivity contribution in [2.24, 2.45) is 0 Å². The van der Waals surface area contributed by atoms with Gasteiger partial charge in [-0.1, -0.05) is 42.1 Å². The van der Waals surface area contributed by atoms with Crippen LogP contribution in [0.4, 0.5) is 0 Å². The molecule has 1 fully saturated rings. The maximum absolute atomic E-state index is 5.42. The van der Waals surface area contributed by atoms with Gasteiger partial charge in [-0.05, 0) is 24.3 Å². The van der Waals surface area contributed by atoms with E-state index in [1.54, 1.807) is 0 Å². The van der Waals surface area contributed by atoms with Crippen molar-refractivity contribution in [2.45, 2.75) is 5.16 Å². The summed E-state index contributed by atoms with van der Waals surface area (Å²) in [6.45, 7) is 4.86. The fourth-order valence-electron chi connectivity index (χ4n) is 3.02. The van der Waals surface area contributed by atoms with Crippen molar-refractivity contribution in [2.75, 3.05) is 38.6 Å². The molecule has 1 aliphatic heterocycles. The summed E-state index contributed by atoms with van der Waals surface area (Å²) >= 11 is 1.83. The first-order valence-corrected chi connectivity index (χ1v) is 9.36. The number of hydrogen-bond donors (Lipinski definition) is 0. The molecule has 0 unspecified atom stereocenters. The number of nitrogens with zero attached hydrogens (tertiary/aromatic N) is 3. The molecule has 4 rings (SSSR count). The Balaban J connectivity index is 1.57. The molecular weight excluding hydrogens is 318 g/mol. The van der Waals surface area contributed by atoms with Crippen molar-refractivity contribution in [3.63, 3.8) is 0 Å². The Morgan fingerprint density at radius 1 is 0.958 bits per heavy atom. The zero-order valence-electron chi connectivity index (χ0n) is 13.6. The molecular formula is C19H21N3OS. The Kier molecular flexibility index (Phi) is 4.83. The highest BCUT2D eigenvalue weighted by molar-refractivity contribution is 7.99. The summed E-state index contributed by atoms with van der Waals surface area (Å²) in [4.78, 5) is 7.32. The molecule has 1 aromatic heterocycles. The minimum absolute atomic E-state index is 0.854. The van der Waals surface area contributed by atoms with Crippen LogP contribution in [-0.2, 0) is 4.74 Å². The lowest BCUT2D eigenvalue weighted by Crippen LogP contribution is -2.37. The Morgan fingerprint density at radius 2 is 1.71 bits per heavy atom. The fourth-order valence-corrected chi connectivity index (χ4v) is 4.05. The lowest BCUT2D eigenvalue weighted by atomic mass is 10.3. The van der Waals surface area contributed by atoms with Crippen LogP contribution < -0.4 is 0 Å². The third kappa shape index (κ3) is 3.34. The molecule has 0 amide bonds. The van der Waals surface area contributed by atoms with Crippen molar-refractivity contribution < 1.29 is 4.74 Å². The van der Waals surface area contributed by atoms with E-state index in [0.717, 1.165) is 54.8 Å². The summed E-state index contributed by atoms with van der Waals surface area (Å²) in [5.41, 5.74) is 3.38. The molecule has 1 saturated heterocycles. The van der Waals surface area contributed by atoms with Crippen molar-refractivity contribution in [1.82, 2.24) is 14.5 Å². The molecule has 0 atom stereocenters. The van der Waals surface area contributed by atoms with Crippen molar-refractivity contribution in [1.29, 1.82) is 0 Å². The molecule has 0 saturated carbocycles. The number of morpholine rings is 1. The van der Waals surface area contributed by atoms with Gasteiger partial charge in [-0.3, -0.25) is 9.47 Å². The number of rotatable bonds is 5. The average molecular weight is 339 g/mol. The van der Waals surface area contributed by atoms with Crippen molar-refractivity contribution in [3.05, 3.63) is 54.6 Å². The zero-order chi connectivity index (χ0) is 16.2. The predicted molar refractivity (Wildman–Crippen MR) is 99.1 cm³/mol. The minimum Gasteiger partial charge on any atom is -0.379 e. The van der Waals surface area contributed by atoms with E-state index in [9.17, 15) is 0 Å². The third-order valence-electron chi connectivity index (χ3n) is 4.29. The van der Waals surface area contributed by atoms with Gasteiger partial charge >= 0.3 is 0 Å². The van der Waals surface area contributed by atoms with E-state index >= 15 is 0 Å². The van der Waals surface area contributed by atoms with E-state index < -0.39 is 0 Å². The van der Waals surface area contributed by atoms with Crippen LogP contribution >= 0.6 is 11.8 Å². The van der Waals surface area contributed by atoms with Gasteiger partial charge in [-0.25, -0.2) is 4.98 Å². The van der Waals surface area contributed by atoms with Gasteiger partial charge in [0.2, 0.25) is 0 Å². The van der Waals surface area contributed by atoms with Gasteiger partial charge in [0, 0.05) is 31.1 Å². The number of benzene rings is 2. The summed E-state index contributed by atoms with van der Waals surface area (Å²) in [7, 11) is 0. The molecule has 2 aromatic carbocycles. The average Bonchev–Trinajstić information content (AvgIpc) is 3.01. The summed E-state index contributed by atoms with van der Waals surface area (Å²) in [5, 5.41) is 1.07. The van der Waals surface area contributed by atoms with Gasteiger partial charge in [0.15, 0.2) is 5.16 Å². The number of imidazole rings is 1. The van der Waals surface area contributed by atoms with Crippen LogP contribution in [0.15, 0.2) is 59.8 Å². The maximum atomic E-state index is 5.42. The molecule has 2 heterocycles. The molecule has 0 N–H and O–H groups in total. The first-order valence-electron chi connectivity index (χ1n) is 8.37. The van der Waals surface area contributed by atoms with Gasteiger partial charge in [-0.15, -0.1) is 0 Å². The Labute approximate surface area is 146 Å². The summed E-state index contributed by atoms with van der Waals surface area (Å²) in [6.07, 6.45) is 0. The SMILES string of the molecule is c1ccc(-n2c(SCCN3CCOCC3)nc3ccccc32)cc1. The standard InChI is InChI=1S/C19H21N3OS/c1-2-6-16(7-3-1)22-18-9-5-4-8-17(18)20-19(22)24-15-12-21-10-13-23-14-11-21/h1-9H,10-15H2. The molecule has 4 nitrogen and oxygen atoms in total. The highest BCUT2D eigenvalue weighted by atomic mass is 32.2. The second-order valence-electron chi connectivity index (χ2n) is 5.86. The monoisotopic (exact) mass is 339 g/mol. The normalized spacial score (nSPS) is 15.8. The summed E-state index contributed by atoms with van der Waals surface area (Å²) in [5.74, 6) is 1.04. The van der Waals surface area contributed by atoms with Gasteiger partial charge < -0.3 is 4.74 Å². The quantitative estimate of drug-likeness (QED) is 0.666. The Morgan fingerprint density at radius 3 is 2.54 bits per heavy atom. The second-order valence-corrected chi connectivity index (χ2v) is 6.92. The van der Waals surface area contributed by atoms with Gasteiger partial charge in [0.25, 0.3) is 0 Å². The summed E-state index contributed by atoms with van der Waals surface area (Å²) < 4.78 is 7.68. The van der Waals surface area contributed by atoms with Crippen LogP contribution in [0.25, 0.3) is 16.7 Å². The topological polar surface area (TPSA) is 30.3 Å². The highest BCUT2D eigenvalue weighted by Crippen LogP contribution is 2.27. The fraction of sp³-hybridized carbons (Fsp3) is 0.316.